The molecule has 1 aromatic carbocycles. The maximum atomic E-state index is 11.0. The second-order valence-electron chi connectivity index (χ2n) is 3.39. The number of carbonyl (C=O) groups excluding carboxylic acids is 1. The van der Waals surface area contributed by atoms with Crippen molar-refractivity contribution < 1.29 is 14.7 Å². The number of hydrogen-bond donors (Lipinski definition) is 1. The average Bonchev–Trinajstić information content (AvgIpc) is 2.18. The summed E-state index contributed by atoms with van der Waals surface area (Å²) in [5, 5.41) is 8.66. The van der Waals surface area contributed by atoms with Crippen LogP contribution in [0.5, 0.6) is 0 Å². The van der Waals surface area contributed by atoms with Crippen LogP contribution in [-0.2, 0) is 6.54 Å². The number of ketones is 1. The first kappa shape index (κ1) is 11.2. The van der Waals surface area contributed by atoms with E-state index in [1.54, 1.807) is 24.3 Å². The lowest BCUT2D eigenvalue weighted by molar-refractivity contribution is 0.101. The lowest BCUT2D eigenvalue weighted by atomic mass is 10.1. The van der Waals surface area contributed by atoms with E-state index >= 15 is 0 Å². The van der Waals surface area contributed by atoms with E-state index in [-0.39, 0.29) is 5.78 Å². The van der Waals surface area contributed by atoms with Gasteiger partial charge in [0.1, 0.15) is 0 Å². The van der Waals surface area contributed by atoms with Crippen molar-refractivity contribution in [2.24, 2.45) is 0 Å². The van der Waals surface area contributed by atoms with Gasteiger partial charge >= 0.3 is 6.09 Å². The van der Waals surface area contributed by atoms with Crippen molar-refractivity contribution in [3.63, 3.8) is 0 Å². The molecule has 1 amide bonds. The summed E-state index contributed by atoms with van der Waals surface area (Å²) >= 11 is 0. The Morgan fingerprint density at radius 1 is 1.27 bits per heavy atom. The summed E-state index contributed by atoms with van der Waals surface area (Å²) < 4.78 is 0. The number of rotatable bonds is 3. The van der Waals surface area contributed by atoms with Gasteiger partial charge in [0.2, 0.25) is 0 Å². The summed E-state index contributed by atoms with van der Waals surface area (Å²) in [5.74, 6) is 0.00754. The number of Topliss-reactive ketones (excluding diaryl/α,β-unsaturated/α-hetero) is 1. The molecule has 0 heterocycles. The third kappa shape index (κ3) is 3.09. The molecule has 0 saturated carbocycles. The molecule has 15 heavy (non-hydrogen) atoms. The molecule has 0 aliphatic carbocycles. The lowest BCUT2D eigenvalue weighted by Crippen LogP contribution is -2.23. The van der Waals surface area contributed by atoms with Crippen LogP contribution in [0.2, 0.25) is 0 Å². The Labute approximate surface area is 88.1 Å². The molecule has 0 atom stereocenters. The Kier molecular flexibility index (Phi) is 3.44. The number of amides is 1. The van der Waals surface area contributed by atoms with Crippen LogP contribution < -0.4 is 0 Å². The molecule has 0 saturated heterocycles. The van der Waals surface area contributed by atoms with Gasteiger partial charge in [-0.25, -0.2) is 4.79 Å². The molecular formula is C11H13NO3. The lowest BCUT2D eigenvalue weighted by Gasteiger charge is -2.12. The zero-order valence-electron chi connectivity index (χ0n) is 8.73. The summed E-state index contributed by atoms with van der Waals surface area (Å²) in [5.41, 5.74) is 1.50. The minimum atomic E-state index is -0.967. The molecule has 1 aromatic rings. The quantitative estimate of drug-likeness (QED) is 0.771. The molecule has 4 heteroatoms. The highest BCUT2D eigenvalue weighted by molar-refractivity contribution is 5.94. The zero-order valence-corrected chi connectivity index (χ0v) is 8.73. The summed E-state index contributed by atoms with van der Waals surface area (Å²) in [6.07, 6.45) is -0.967. The van der Waals surface area contributed by atoms with E-state index in [2.05, 4.69) is 0 Å². The average molecular weight is 207 g/mol. The van der Waals surface area contributed by atoms with Crippen LogP contribution in [0.3, 0.4) is 0 Å². The van der Waals surface area contributed by atoms with Crippen molar-refractivity contribution in [1.82, 2.24) is 4.90 Å². The van der Waals surface area contributed by atoms with Gasteiger partial charge in [0.25, 0.3) is 0 Å². The fourth-order valence-electron chi connectivity index (χ4n) is 1.19. The molecule has 80 valence electrons. The van der Waals surface area contributed by atoms with Gasteiger partial charge in [-0.05, 0) is 12.5 Å². The summed E-state index contributed by atoms with van der Waals surface area (Å²) in [4.78, 5) is 22.7. The predicted octanol–water partition coefficient (Wildman–Crippen LogP) is 2.00. The van der Waals surface area contributed by atoms with E-state index in [0.717, 1.165) is 5.56 Å². The minimum Gasteiger partial charge on any atom is -0.465 e. The topological polar surface area (TPSA) is 57.6 Å². The van der Waals surface area contributed by atoms with Gasteiger partial charge in [-0.2, -0.15) is 0 Å². The molecule has 0 spiro atoms. The van der Waals surface area contributed by atoms with Gasteiger partial charge in [0, 0.05) is 19.2 Å². The van der Waals surface area contributed by atoms with E-state index in [9.17, 15) is 9.59 Å². The number of hydrogen-bond acceptors (Lipinski definition) is 2. The largest absolute Gasteiger partial charge is 0.465 e. The molecular weight excluding hydrogens is 194 g/mol. The fraction of sp³-hybridized carbons (Fsp3) is 0.273. The molecule has 0 aromatic heterocycles. The summed E-state index contributed by atoms with van der Waals surface area (Å²) in [6, 6.07) is 6.92. The molecule has 0 radical (unpaired) electrons. The van der Waals surface area contributed by atoms with Crippen molar-refractivity contribution in [1.29, 1.82) is 0 Å². The van der Waals surface area contributed by atoms with Crippen LogP contribution in [0.25, 0.3) is 0 Å². The number of nitrogens with zero attached hydrogens (tertiary/aromatic N) is 1. The minimum absolute atomic E-state index is 0.00754. The van der Waals surface area contributed by atoms with E-state index in [1.807, 2.05) is 0 Å². The van der Waals surface area contributed by atoms with E-state index in [4.69, 9.17) is 5.11 Å². The summed E-state index contributed by atoms with van der Waals surface area (Å²) in [7, 11) is 1.50. The Morgan fingerprint density at radius 3 is 2.20 bits per heavy atom. The Morgan fingerprint density at radius 2 is 1.80 bits per heavy atom. The van der Waals surface area contributed by atoms with Gasteiger partial charge in [0.15, 0.2) is 5.78 Å². The maximum absolute atomic E-state index is 11.0. The van der Waals surface area contributed by atoms with Crippen LogP contribution in [0.4, 0.5) is 4.79 Å². The van der Waals surface area contributed by atoms with Crippen molar-refractivity contribution in [3.05, 3.63) is 35.4 Å². The molecule has 0 aliphatic rings. The van der Waals surface area contributed by atoms with Gasteiger partial charge in [-0.1, -0.05) is 24.3 Å². The highest BCUT2D eigenvalue weighted by Crippen LogP contribution is 2.07. The second kappa shape index (κ2) is 4.59. The molecule has 0 fully saturated rings. The molecule has 1 rings (SSSR count). The van der Waals surface area contributed by atoms with Crippen molar-refractivity contribution in [2.45, 2.75) is 13.5 Å². The van der Waals surface area contributed by atoms with Crippen LogP contribution in [0.1, 0.15) is 22.8 Å². The fourth-order valence-corrected chi connectivity index (χ4v) is 1.19. The van der Waals surface area contributed by atoms with Crippen LogP contribution in [-0.4, -0.2) is 28.9 Å². The second-order valence-corrected chi connectivity index (χ2v) is 3.39. The first-order chi connectivity index (χ1) is 7.00. The monoisotopic (exact) mass is 207 g/mol. The number of benzene rings is 1. The van der Waals surface area contributed by atoms with Gasteiger partial charge in [-0.15, -0.1) is 0 Å². The third-order valence-electron chi connectivity index (χ3n) is 2.11. The molecule has 1 N–H and O–H groups in total. The highest BCUT2D eigenvalue weighted by atomic mass is 16.4. The van der Waals surface area contributed by atoms with Crippen molar-refractivity contribution in [2.75, 3.05) is 7.05 Å². The Balaban J connectivity index is 2.72. The number of carboxylic acid groups (broad SMARTS) is 1. The molecule has 0 bridgehead atoms. The third-order valence-corrected chi connectivity index (χ3v) is 2.11. The smallest absolute Gasteiger partial charge is 0.407 e. The van der Waals surface area contributed by atoms with Gasteiger partial charge in [0.05, 0.1) is 0 Å². The van der Waals surface area contributed by atoms with Gasteiger partial charge in [-0.3, -0.25) is 4.79 Å². The van der Waals surface area contributed by atoms with Crippen LogP contribution in [0.15, 0.2) is 24.3 Å². The van der Waals surface area contributed by atoms with Crippen molar-refractivity contribution >= 4 is 11.9 Å². The van der Waals surface area contributed by atoms with Gasteiger partial charge < -0.3 is 10.0 Å². The Bertz CT molecular complexity index is 370. The molecule has 4 nitrogen and oxygen atoms in total. The summed E-state index contributed by atoms with van der Waals surface area (Å²) in [6.45, 7) is 1.83. The van der Waals surface area contributed by atoms with Crippen LogP contribution >= 0.6 is 0 Å². The SMILES string of the molecule is CC(=O)c1ccc(CN(C)C(=O)O)cc1. The molecule has 0 aliphatic heterocycles. The van der Waals surface area contributed by atoms with E-state index < -0.39 is 6.09 Å². The maximum Gasteiger partial charge on any atom is 0.407 e. The first-order valence-corrected chi connectivity index (χ1v) is 4.54. The molecule has 0 unspecified atom stereocenters. The normalized spacial score (nSPS) is 9.73. The highest BCUT2D eigenvalue weighted by Gasteiger charge is 2.06. The van der Waals surface area contributed by atoms with Crippen LogP contribution in [0, 0.1) is 0 Å². The van der Waals surface area contributed by atoms with E-state index in [1.165, 1.54) is 18.9 Å². The standard InChI is InChI=1S/C11H13NO3/c1-8(13)10-5-3-9(4-6-10)7-12(2)11(14)15/h3-6H,7H2,1-2H3,(H,14,15). The predicted molar refractivity (Wildman–Crippen MR) is 55.9 cm³/mol. The van der Waals surface area contributed by atoms with E-state index in [0.29, 0.717) is 12.1 Å². The first-order valence-electron chi connectivity index (χ1n) is 4.54. The zero-order chi connectivity index (χ0) is 11.4. The number of carbonyl (C=O) groups is 2. The van der Waals surface area contributed by atoms with Crippen molar-refractivity contribution in [3.8, 4) is 0 Å². The Hall–Kier alpha value is -1.84.